The lowest BCUT2D eigenvalue weighted by Gasteiger charge is -2.13. The van der Waals surface area contributed by atoms with Crippen LogP contribution in [-0.4, -0.2) is 30.3 Å². The number of carbonyl (C=O) groups is 3. The Morgan fingerprint density at radius 1 is 1.23 bits per heavy atom. The second-order valence-electron chi connectivity index (χ2n) is 4.78. The SMILES string of the molecule is C=CCNC(=O)c1ccccc1NC(=O)C(=O)N[C@@H](C)CC. The molecule has 0 heterocycles. The lowest BCUT2D eigenvalue weighted by atomic mass is 10.1. The maximum Gasteiger partial charge on any atom is 0.313 e. The number of amides is 3. The number of carbonyl (C=O) groups excluding carboxylic acids is 3. The van der Waals surface area contributed by atoms with Crippen LogP contribution in [0.4, 0.5) is 5.69 Å². The molecule has 0 unspecified atom stereocenters. The van der Waals surface area contributed by atoms with Crippen molar-refractivity contribution in [3.05, 3.63) is 42.5 Å². The highest BCUT2D eigenvalue weighted by atomic mass is 16.2. The molecule has 3 amide bonds. The number of benzene rings is 1. The average molecular weight is 303 g/mol. The summed E-state index contributed by atoms with van der Waals surface area (Å²) in [4.78, 5) is 35.6. The van der Waals surface area contributed by atoms with Gasteiger partial charge >= 0.3 is 11.8 Å². The van der Waals surface area contributed by atoms with Gasteiger partial charge in [0, 0.05) is 12.6 Å². The third kappa shape index (κ3) is 5.05. The van der Waals surface area contributed by atoms with E-state index in [-0.39, 0.29) is 23.2 Å². The highest BCUT2D eigenvalue weighted by molar-refractivity contribution is 6.40. The van der Waals surface area contributed by atoms with Crippen molar-refractivity contribution in [1.82, 2.24) is 10.6 Å². The van der Waals surface area contributed by atoms with Gasteiger partial charge in [0.05, 0.1) is 11.3 Å². The molecule has 0 saturated heterocycles. The molecule has 6 nitrogen and oxygen atoms in total. The first kappa shape index (κ1) is 17.4. The Hall–Kier alpha value is -2.63. The maximum absolute atomic E-state index is 12.0. The zero-order valence-electron chi connectivity index (χ0n) is 12.8. The van der Waals surface area contributed by atoms with Gasteiger partial charge in [-0.15, -0.1) is 6.58 Å². The van der Waals surface area contributed by atoms with Crippen LogP contribution in [0.1, 0.15) is 30.6 Å². The highest BCUT2D eigenvalue weighted by Gasteiger charge is 2.18. The van der Waals surface area contributed by atoms with Gasteiger partial charge in [-0.05, 0) is 25.5 Å². The summed E-state index contributed by atoms with van der Waals surface area (Å²) in [6, 6.07) is 6.39. The summed E-state index contributed by atoms with van der Waals surface area (Å²) < 4.78 is 0. The Morgan fingerprint density at radius 2 is 1.91 bits per heavy atom. The summed E-state index contributed by atoms with van der Waals surface area (Å²) >= 11 is 0. The largest absolute Gasteiger partial charge is 0.349 e. The normalized spacial score (nSPS) is 11.2. The second-order valence-corrected chi connectivity index (χ2v) is 4.78. The van der Waals surface area contributed by atoms with Crippen molar-refractivity contribution in [1.29, 1.82) is 0 Å². The van der Waals surface area contributed by atoms with E-state index in [0.29, 0.717) is 6.54 Å². The van der Waals surface area contributed by atoms with Gasteiger partial charge in [0.2, 0.25) is 0 Å². The molecule has 0 aromatic heterocycles. The molecule has 6 heteroatoms. The first-order chi connectivity index (χ1) is 10.5. The summed E-state index contributed by atoms with van der Waals surface area (Å²) in [5.41, 5.74) is 0.572. The molecule has 0 aliphatic rings. The molecule has 1 aromatic carbocycles. The van der Waals surface area contributed by atoms with Crippen LogP contribution in [0, 0.1) is 0 Å². The van der Waals surface area contributed by atoms with Crippen LogP contribution in [0.3, 0.4) is 0 Å². The van der Waals surface area contributed by atoms with E-state index in [4.69, 9.17) is 0 Å². The van der Waals surface area contributed by atoms with E-state index >= 15 is 0 Å². The minimum atomic E-state index is -0.802. The van der Waals surface area contributed by atoms with Crippen LogP contribution in [-0.2, 0) is 9.59 Å². The molecule has 0 radical (unpaired) electrons. The van der Waals surface area contributed by atoms with Gasteiger partial charge < -0.3 is 16.0 Å². The Morgan fingerprint density at radius 3 is 2.55 bits per heavy atom. The van der Waals surface area contributed by atoms with Crippen molar-refractivity contribution < 1.29 is 14.4 Å². The Bertz CT molecular complexity index is 570. The zero-order chi connectivity index (χ0) is 16.5. The second kappa shape index (κ2) is 8.61. The van der Waals surface area contributed by atoms with Gasteiger partial charge in [0.15, 0.2) is 0 Å². The Kier molecular flexibility index (Phi) is 6.82. The number of nitrogens with one attached hydrogen (secondary N) is 3. The molecule has 0 spiro atoms. The molecule has 118 valence electrons. The molecule has 3 N–H and O–H groups in total. The first-order valence-corrected chi connectivity index (χ1v) is 7.09. The lowest BCUT2D eigenvalue weighted by molar-refractivity contribution is -0.136. The zero-order valence-corrected chi connectivity index (χ0v) is 12.8. The van der Waals surface area contributed by atoms with E-state index in [9.17, 15) is 14.4 Å². The molecule has 0 aliphatic carbocycles. The van der Waals surface area contributed by atoms with Gasteiger partial charge in [-0.1, -0.05) is 25.1 Å². The summed E-state index contributed by atoms with van der Waals surface area (Å²) in [6.07, 6.45) is 2.28. The molecule has 1 atom stereocenters. The molecule has 0 aliphatic heterocycles. The van der Waals surface area contributed by atoms with Crippen LogP contribution in [0.15, 0.2) is 36.9 Å². The third-order valence-electron chi connectivity index (χ3n) is 3.02. The number of hydrogen-bond acceptors (Lipinski definition) is 3. The fourth-order valence-corrected chi connectivity index (χ4v) is 1.62. The Balaban J connectivity index is 2.81. The maximum atomic E-state index is 12.0. The van der Waals surface area contributed by atoms with Crippen LogP contribution < -0.4 is 16.0 Å². The number of anilines is 1. The van der Waals surface area contributed by atoms with Gasteiger partial charge in [-0.2, -0.15) is 0 Å². The summed E-state index contributed by atoms with van der Waals surface area (Å²) in [6.45, 7) is 7.55. The highest BCUT2D eigenvalue weighted by Crippen LogP contribution is 2.14. The van der Waals surface area contributed by atoms with Crippen molar-refractivity contribution in [2.45, 2.75) is 26.3 Å². The quantitative estimate of drug-likeness (QED) is 0.549. The van der Waals surface area contributed by atoms with Gasteiger partial charge in [-0.3, -0.25) is 14.4 Å². The van der Waals surface area contributed by atoms with E-state index in [1.54, 1.807) is 30.3 Å². The van der Waals surface area contributed by atoms with Crippen molar-refractivity contribution in [2.75, 3.05) is 11.9 Å². The first-order valence-electron chi connectivity index (χ1n) is 7.09. The predicted molar refractivity (Wildman–Crippen MR) is 85.5 cm³/mol. The fraction of sp³-hybridized carbons (Fsp3) is 0.312. The minimum absolute atomic E-state index is 0.0932. The summed E-state index contributed by atoms with van der Waals surface area (Å²) in [5, 5.41) is 7.65. The number of hydrogen-bond donors (Lipinski definition) is 3. The van der Waals surface area contributed by atoms with Gasteiger partial charge in [0.25, 0.3) is 5.91 Å². The summed E-state index contributed by atoms with van der Waals surface area (Å²) in [7, 11) is 0. The van der Waals surface area contributed by atoms with Gasteiger partial charge in [0.1, 0.15) is 0 Å². The fourth-order valence-electron chi connectivity index (χ4n) is 1.62. The molecule has 0 saturated carbocycles. The number of para-hydroxylation sites is 1. The van der Waals surface area contributed by atoms with Crippen LogP contribution >= 0.6 is 0 Å². The minimum Gasteiger partial charge on any atom is -0.349 e. The van der Waals surface area contributed by atoms with E-state index < -0.39 is 11.8 Å². The van der Waals surface area contributed by atoms with E-state index in [2.05, 4.69) is 22.5 Å². The molecule has 0 fully saturated rings. The monoisotopic (exact) mass is 303 g/mol. The molecule has 1 aromatic rings. The molecular formula is C16H21N3O3. The van der Waals surface area contributed by atoms with E-state index in [1.165, 1.54) is 0 Å². The van der Waals surface area contributed by atoms with Crippen molar-refractivity contribution >= 4 is 23.4 Å². The average Bonchev–Trinajstić information content (AvgIpc) is 2.52. The third-order valence-corrected chi connectivity index (χ3v) is 3.02. The van der Waals surface area contributed by atoms with E-state index in [1.807, 2.05) is 13.8 Å². The Labute approximate surface area is 130 Å². The number of rotatable bonds is 6. The van der Waals surface area contributed by atoms with Gasteiger partial charge in [-0.25, -0.2) is 0 Å². The van der Waals surface area contributed by atoms with Crippen LogP contribution in [0.2, 0.25) is 0 Å². The topological polar surface area (TPSA) is 87.3 Å². The van der Waals surface area contributed by atoms with E-state index in [0.717, 1.165) is 6.42 Å². The molecule has 22 heavy (non-hydrogen) atoms. The van der Waals surface area contributed by atoms with Crippen molar-refractivity contribution in [3.63, 3.8) is 0 Å². The molecule has 0 bridgehead atoms. The van der Waals surface area contributed by atoms with Crippen LogP contribution in [0.5, 0.6) is 0 Å². The smallest absolute Gasteiger partial charge is 0.313 e. The summed E-state index contributed by atoms with van der Waals surface area (Å²) in [5.74, 6) is -1.88. The molecular weight excluding hydrogens is 282 g/mol. The predicted octanol–water partition coefficient (Wildman–Crippen LogP) is 1.46. The standard InChI is InChI=1S/C16H21N3O3/c1-4-10-17-14(20)12-8-6-7-9-13(12)19-16(22)15(21)18-11(3)5-2/h4,6-9,11H,1,5,10H2,2-3H3,(H,17,20)(H,18,21)(H,19,22)/t11-/m0/s1. The lowest BCUT2D eigenvalue weighted by Crippen LogP contribution is -2.40. The molecule has 1 rings (SSSR count). The van der Waals surface area contributed by atoms with Crippen molar-refractivity contribution in [2.24, 2.45) is 0 Å². The van der Waals surface area contributed by atoms with Crippen LogP contribution in [0.25, 0.3) is 0 Å². The van der Waals surface area contributed by atoms with Crippen molar-refractivity contribution in [3.8, 4) is 0 Å².